The summed E-state index contributed by atoms with van der Waals surface area (Å²) < 4.78 is 32.3. The molecule has 1 N–H and O–H groups in total. The lowest BCUT2D eigenvalue weighted by Crippen LogP contribution is -2.52. The van der Waals surface area contributed by atoms with Crippen LogP contribution in [0.1, 0.15) is 18.4 Å². The summed E-state index contributed by atoms with van der Waals surface area (Å²) in [6, 6.07) is 15.6. The lowest BCUT2D eigenvalue weighted by molar-refractivity contribution is -0.115. The Morgan fingerprint density at radius 2 is 1.79 bits per heavy atom. The van der Waals surface area contributed by atoms with Gasteiger partial charge in [0.05, 0.1) is 12.0 Å². The molecule has 28 heavy (non-hydrogen) atoms. The van der Waals surface area contributed by atoms with Gasteiger partial charge in [0.1, 0.15) is 17.1 Å². The van der Waals surface area contributed by atoms with Gasteiger partial charge in [-0.3, -0.25) is 9.79 Å². The van der Waals surface area contributed by atoms with Crippen molar-refractivity contribution >= 4 is 21.6 Å². The second-order valence-corrected chi connectivity index (χ2v) is 8.83. The number of ether oxygens (including phenoxy) is 1. The van der Waals surface area contributed by atoms with Crippen LogP contribution < -0.4 is 10.1 Å². The van der Waals surface area contributed by atoms with Gasteiger partial charge in [0.25, 0.3) is 5.91 Å². The maximum atomic E-state index is 12.8. The molecule has 1 spiro atoms. The van der Waals surface area contributed by atoms with Crippen molar-refractivity contribution in [1.82, 2.24) is 9.62 Å². The number of carbonyl (C=O) groups is 1. The quantitative estimate of drug-likeness (QED) is 0.849. The largest absolute Gasteiger partial charge is 0.497 e. The van der Waals surface area contributed by atoms with Gasteiger partial charge < -0.3 is 10.1 Å². The molecule has 146 valence electrons. The minimum absolute atomic E-state index is 0.243. The molecule has 0 aliphatic carbocycles. The van der Waals surface area contributed by atoms with E-state index < -0.39 is 15.7 Å². The molecule has 2 aliphatic rings. The molecule has 0 aromatic heterocycles. The first-order chi connectivity index (χ1) is 13.4. The molecule has 0 saturated carbocycles. The Morgan fingerprint density at radius 3 is 2.46 bits per heavy atom. The summed E-state index contributed by atoms with van der Waals surface area (Å²) >= 11 is 0. The zero-order valence-electron chi connectivity index (χ0n) is 15.5. The zero-order valence-corrected chi connectivity index (χ0v) is 16.3. The molecule has 0 atom stereocenters. The molecule has 4 rings (SSSR count). The van der Waals surface area contributed by atoms with Crippen molar-refractivity contribution in [3.05, 3.63) is 60.2 Å². The van der Waals surface area contributed by atoms with Crippen molar-refractivity contribution in [3.63, 3.8) is 0 Å². The van der Waals surface area contributed by atoms with E-state index >= 15 is 0 Å². The monoisotopic (exact) mass is 399 g/mol. The second kappa shape index (κ2) is 7.03. The van der Waals surface area contributed by atoms with E-state index in [0.29, 0.717) is 43.0 Å². The fourth-order valence-corrected chi connectivity index (χ4v) is 5.07. The summed E-state index contributed by atoms with van der Waals surface area (Å²) in [5.74, 6) is 0.408. The number of sulfonamides is 1. The summed E-state index contributed by atoms with van der Waals surface area (Å²) in [6.07, 6.45) is 0.858. The summed E-state index contributed by atoms with van der Waals surface area (Å²) in [4.78, 5) is 17.5. The fourth-order valence-electron chi connectivity index (χ4n) is 3.60. The number of aliphatic imine (C=N–C) groups is 1. The molecule has 1 amide bonds. The Labute approximate surface area is 164 Å². The third kappa shape index (κ3) is 3.29. The summed E-state index contributed by atoms with van der Waals surface area (Å²) in [6.45, 7) is 0.596. The molecule has 0 radical (unpaired) electrons. The molecule has 2 aliphatic heterocycles. The first kappa shape index (κ1) is 18.6. The van der Waals surface area contributed by atoms with E-state index in [9.17, 15) is 13.2 Å². The average molecular weight is 399 g/mol. The smallest absolute Gasteiger partial charge is 0.272 e. The highest BCUT2D eigenvalue weighted by Gasteiger charge is 2.44. The van der Waals surface area contributed by atoms with Gasteiger partial charge in [0.15, 0.2) is 0 Å². The van der Waals surface area contributed by atoms with E-state index in [1.807, 2.05) is 12.1 Å². The summed E-state index contributed by atoms with van der Waals surface area (Å²) in [5.41, 5.74) is 0.296. The minimum atomic E-state index is -3.54. The number of benzene rings is 2. The fraction of sp³-hybridized carbons (Fsp3) is 0.300. The molecule has 0 unspecified atom stereocenters. The van der Waals surface area contributed by atoms with Crippen LogP contribution in [0, 0.1) is 0 Å². The lowest BCUT2D eigenvalue weighted by Gasteiger charge is -2.36. The van der Waals surface area contributed by atoms with Crippen molar-refractivity contribution in [2.45, 2.75) is 23.4 Å². The normalized spacial score (nSPS) is 19.3. The highest BCUT2D eigenvalue weighted by Crippen LogP contribution is 2.31. The first-order valence-corrected chi connectivity index (χ1v) is 10.5. The van der Waals surface area contributed by atoms with Crippen LogP contribution in [-0.2, 0) is 14.8 Å². The zero-order chi connectivity index (χ0) is 19.8. The lowest BCUT2D eigenvalue weighted by atomic mass is 10.00. The summed E-state index contributed by atoms with van der Waals surface area (Å²) in [5, 5.41) is 2.96. The SMILES string of the molecule is COc1cccc(C2=NC3(CCN(S(=O)(=O)c4ccccc4)CC3)NC2=O)c1. The number of carbonyl (C=O) groups excluding carboxylic acids is 1. The summed E-state index contributed by atoms with van der Waals surface area (Å²) in [7, 11) is -1.97. The van der Waals surface area contributed by atoms with Crippen LogP contribution in [0.25, 0.3) is 0 Å². The van der Waals surface area contributed by atoms with Crippen LogP contribution in [0.3, 0.4) is 0 Å². The third-order valence-electron chi connectivity index (χ3n) is 5.16. The Bertz CT molecular complexity index is 1030. The van der Waals surface area contributed by atoms with Crippen LogP contribution in [0.5, 0.6) is 5.75 Å². The van der Waals surface area contributed by atoms with Gasteiger partial charge in [-0.15, -0.1) is 0 Å². The Kier molecular flexibility index (Phi) is 4.68. The third-order valence-corrected chi connectivity index (χ3v) is 7.07. The number of piperidine rings is 1. The van der Waals surface area contributed by atoms with Gasteiger partial charge in [-0.2, -0.15) is 4.31 Å². The molecule has 2 aromatic rings. The minimum Gasteiger partial charge on any atom is -0.497 e. The first-order valence-electron chi connectivity index (χ1n) is 9.06. The predicted octanol–water partition coefficient (Wildman–Crippen LogP) is 1.80. The van der Waals surface area contributed by atoms with Gasteiger partial charge in [-0.05, 0) is 24.3 Å². The molecular weight excluding hydrogens is 378 g/mol. The van der Waals surface area contributed by atoms with Crippen molar-refractivity contribution in [3.8, 4) is 5.75 Å². The van der Waals surface area contributed by atoms with E-state index in [4.69, 9.17) is 4.74 Å². The second-order valence-electron chi connectivity index (χ2n) is 6.90. The van der Waals surface area contributed by atoms with Gasteiger partial charge in [0.2, 0.25) is 10.0 Å². The van der Waals surface area contributed by atoms with Gasteiger partial charge in [-0.25, -0.2) is 8.42 Å². The van der Waals surface area contributed by atoms with Crippen molar-refractivity contribution < 1.29 is 17.9 Å². The Hall–Kier alpha value is -2.71. The predicted molar refractivity (Wildman–Crippen MR) is 105 cm³/mol. The molecule has 1 saturated heterocycles. The van der Waals surface area contributed by atoms with Crippen molar-refractivity contribution in [2.75, 3.05) is 20.2 Å². The number of rotatable bonds is 4. The highest BCUT2D eigenvalue weighted by molar-refractivity contribution is 7.89. The van der Waals surface area contributed by atoms with E-state index in [1.54, 1.807) is 49.6 Å². The van der Waals surface area contributed by atoms with Crippen LogP contribution in [0.15, 0.2) is 64.5 Å². The number of amides is 1. The molecule has 2 heterocycles. The van der Waals surface area contributed by atoms with Gasteiger partial charge >= 0.3 is 0 Å². The highest BCUT2D eigenvalue weighted by atomic mass is 32.2. The number of nitrogens with one attached hydrogen (secondary N) is 1. The molecule has 2 aromatic carbocycles. The molecule has 1 fully saturated rings. The Morgan fingerprint density at radius 1 is 1.07 bits per heavy atom. The maximum absolute atomic E-state index is 12.8. The molecule has 0 bridgehead atoms. The van der Waals surface area contributed by atoms with E-state index in [0.717, 1.165) is 0 Å². The number of hydrogen-bond donors (Lipinski definition) is 1. The van der Waals surface area contributed by atoms with Crippen molar-refractivity contribution in [2.24, 2.45) is 4.99 Å². The van der Waals surface area contributed by atoms with Crippen LogP contribution in [-0.4, -0.2) is 50.2 Å². The van der Waals surface area contributed by atoms with Crippen molar-refractivity contribution in [1.29, 1.82) is 0 Å². The van der Waals surface area contributed by atoms with Gasteiger partial charge in [-0.1, -0.05) is 30.3 Å². The maximum Gasteiger partial charge on any atom is 0.272 e. The molecular formula is C20H21N3O4S. The van der Waals surface area contributed by atoms with Crippen LogP contribution in [0.4, 0.5) is 0 Å². The Balaban J connectivity index is 1.54. The van der Waals surface area contributed by atoms with Crippen LogP contribution >= 0.6 is 0 Å². The molecule has 7 nitrogen and oxygen atoms in total. The van der Waals surface area contributed by atoms with E-state index in [2.05, 4.69) is 10.3 Å². The van der Waals surface area contributed by atoms with Gasteiger partial charge in [0, 0.05) is 31.5 Å². The van der Waals surface area contributed by atoms with E-state index in [-0.39, 0.29) is 10.8 Å². The van der Waals surface area contributed by atoms with Crippen LogP contribution in [0.2, 0.25) is 0 Å². The average Bonchev–Trinajstić information content (AvgIpc) is 3.04. The topological polar surface area (TPSA) is 88.1 Å². The number of methoxy groups -OCH3 is 1. The van der Waals surface area contributed by atoms with E-state index in [1.165, 1.54) is 4.31 Å². The molecule has 8 heteroatoms. The standard InChI is InChI=1S/C20H21N3O4S/c1-27-16-7-5-6-15(14-16)18-19(24)22-20(21-18)10-12-23(13-11-20)28(25,26)17-8-3-2-4-9-17/h2-9,14H,10-13H2,1H3,(H,22,24). The number of hydrogen-bond acceptors (Lipinski definition) is 5. The number of nitrogens with zero attached hydrogens (tertiary/aromatic N) is 2.